The molecule has 0 saturated carbocycles. The van der Waals surface area contributed by atoms with Gasteiger partial charge >= 0.3 is 5.97 Å². The van der Waals surface area contributed by atoms with Crippen LogP contribution in [0.2, 0.25) is 0 Å². The monoisotopic (exact) mass is 434 g/mol. The Morgan fingerprint density at radius 2 is 1.94 bits per heavy atom. The summed E-state index contributed by atoms with van der Waals surface area (Å²) in [6.07, 6.45) is 2.86. The van der Waals surface area contributed by atoms with Crippen molar-refractivity contribution in [2.24, 2.45) is 0 Å². The number of pyridine rings is 1. The lowest BCUT2D eigenvalue weighted by Gasteiger charge is -2.37. The number of likely N-dealkylation sites (tertiary alicyclic amines) is 1. The predicted molar refractivity (Wildman–Crippen MR) is 121 cm³/mol. The van der Waals surface area contributed by atoms with Crippen molar-refractivity contribution in [2.75, 3.05) is 13.2 Å². The number of benzene rings is 2. The van der Waals surface area contributed by atoms with Gasteiger partial charge in [-0.25, -0.2) is 4.39 Å². The highest BCUT2D eigenvalue weighted by Gasteiger charge is 2.34. The summed E-state index contributed by atoms with van der Waals surface area (Å²) in [5, 5.41) is 9.83. The Morgan fingerprint density at radius 1 is 1.19 bits per heavy atom. The molecular formula is C26H27FN2O3. The fourth-order valence-corrected chi connectivity index (χ4v) is 4.40. The summed E-state index contributed by atoms with van der Waals surface area (Å²) in [5.74, 6) is -0.731. The van der Waals surface area contributed by atoms with E-state index >= 15 is 4.39 Å². The van der Waals surface area contributed by atoms with Crippen molar-refractivity contribution < 1.29 is 19.0 Å². The molecule has 2 unspecified atom stereocenters. The van der Waals surface area contributed by atoms with Gasteiger partial charge in [-0.05, 0) is 61.6 Å². The topological polar surface area (TPSA) is 62.7 Å². The average Bonchev–Trinajstić information content (AvgIpc) is 2.80. The molecule has 0 spiro atoms. The maximum Gasteiger partial charge on any atom is 0.320 e. The Bertz CT molecular complexity index is 1070. The van der Waals surface area contributed by atoms with Crippen LogP contribution in [0.5, 0.6) is 5.75 Å². The van der Waals surface area contributed by atoms with E-state index in [1.807, 2.05) is 54.3 Å². The van der Waals surface area contributed by atoms with Gasteiger partial charge in [-0.1, -0.05) is 42.5 Å². The van der Waals surface area contributed by atoms with Gasteiger partial charge in [0.05, 0.1) is 6.61 Å². The smallest absolute Gasteiger partial charge is 0.320 e. The van der Waals surface area contributed by atoms with E-state index in [1.54, 1.807) is 18.3 Å². The summed E-state index contributed by atoms with van der Waals surface area (Å²) in [5.41, 5.74) is 2.68. The minimum atomic E-state index is -0.846. The number of para-hydroxylation sites is 1. The van der Waals surface area contributed by atoms with Gasteiger partial charge in [0.1, 0.15) is 23.3 Å². The standard InChI is InChI=1S/C26H27FN2O3/c1-2-32-24-11-7-6-10-21(24)25-22(27)14-20(16-28-25)19-12-13-29(23(15-19)26(30)31)17-18-8-4-3-5-9-18/h3-11,14,16,19,23H,2,12-13,15,17H2,1H3,(H,30,31). The SMILES string of the molecule is CCOc1ccccc1-c1ncc(C2CCN(Cc3ccccc3)C(C(=O)O)C2)cc1F. The van der Waals surface area contributed by atoms with Gasteiger partial charge in [-0.2, -0.15) is 0 Å². The predicted octanol–water partition coefficient (Wildman–Crippen LogP) is 5.12. The molecule has 2 aromatic carbocycles. The van der Waals surface area contributed by atoms with Crippen molar-refractivity contribution in [3.8, 4) is 17.0 Å². The number of halogens is 1. The van der Waals surface area contributed by atoms with Crippen LogP contribution in [0.3, 0.4) is 0 Å². The van der Waals surface area contributed by atoms with Crippen molar-refractivity contribution >= 4 is 5.97 Å². The fraction of sp³-hybridized carbons (Fsp3) is 0.308. The molecule has 1 saturated heterocycles. The maximum absolute atomic E-state index is 15.1. The first-order valence-corrected chi connectivity index (χ1v) is 10.9. The van der Waals surface area contributed by atoms with E-state index in [0.717, 1.165) is 17.5 Å². The number of carboxylic acids is 1. The summed E-state index contributed by atoms with van der Waals surface area (Å²) in [6.45, 7) is 3.58. The second-order valence-corrected chi connectivity index (χ2v) is 8.06. The fourth-order valence-electron chi connectivity index (χ4n) is 4.40. The number of hydrogen-bond donors (Lipinski definition) is 1. The Kier molecular flexibility index (Phi) is 6.81. The normalized spacial score (nSPS) is 18.9. The average molecular weight is 435 g/mol. The molecule has 1 aliphatic heterocycles. The van der Waals surface area contributed by atoms with Crippen molar-refractivity contribution in [1.82, 2.24) is 9.88 Å². The van der Waals surface area contributed by atoms with Gasteiger partial charge in [0, 0.05) is 18.3 Å². The van der Waals surface area contributed by atoms with E-state index in [1.165, 1.54) is 6.07 Å². The third kappa shape index (κ3) is 4.81. The first-order valence-electron chi connectivity index (χ1n) is 10.9. The summed E-state index contributed by atoms with van der Waals surface area (Å²) >= 11 is 0. The van der Waals surface area contributed by atoms with Crippen LogP contribution in [0.1, 0.15) is 36.8 Å². The van der Waals surface area contributed by atoms with E-state index in [-0.39, 0.29) is 11.6 Å². The summed E-state index contributed by atoms with van der Waals surface area (Å²) in [7, 11) is 0. The Morgan fingerprint density at radius 3 is 2.66 bits per heavy atom. The lowest BCUT2D eigenvalue weighted by molar-refractivity contribution is -0.145. The van der Waals surface area contributed by atoms with Crippen LogP contribution in [-0.2, 0) is 11.3 Å². The number of nitrogens with zero attached hydrogens (tertiary/aromatic N) is 2. The number of hydrogen-bond acceptors (Lipinski definition) is 4. The Balaban J connectivity index is 1.53. The van der Waals surface area contributed by atoms with Crippen LogP contribution in [0, 0.1) is 5.82 Å². The van der Waals surface area contributed by atoms with Crippen LogP contribution in [0.25, 0.3) is 11.3 Å². The molecule has 0 radical (unpaired) electrons. The zero-order valence-corrected chi connectivity index (χ0v) is 18.1. The highest BCUT2D eigenvalue weighted by Crippen LogP contribution is 2.35. The maximum atomic E-state index is 15.1. The van der Waals surface area contributed by atoms with Crippen LogP contribution >= 0.6 is 0 Å². The minimum Gasteiger partial charge on any atom is -0.493 e. The van der Waals surface area contributed by atoms with E-state index in [4.69, 9.17) is 4.74 Å². The van der Waals surface area contributed by atoms with Crippen LogP contribution in [0.4, 0.5) is 4.39 Å². The molecule has 6 heteroatoms. The number of aliphatic carboxylic acids is 1. The first kappa shape index (κ1) is 22.0. The van der Waals surface area contributed by atoms with Crippen molar-refractivity contribution in [3.05, 3.63) is 83.8 Å². The highest BCUT2D eigenvalue weighted by molar-refractivity contribution is 5.74. The van der Waals surface area contributed by atoms with Gasteiger partial charge < -0.3 is 9.84 Å². The van der Waals surface area contributed by atoms with Crippen molar-refractivity contribution in [3.63, 3.8) is 0 Å². The van der Waals surface area contributed by atoms with Crippen molar-refractivity contribution in [1.29, 1.82) is 0 Å². The molecule has 0 bridgehead atoms. The van der Waals surface area contributed by atoms with Crippen molar-refractivity contribution in [2.45, 2.75) is 38.3 Å². The molecule has 1 aliphatic rings. The van der Waals surface area contributed by atoms with Crippen LogP contribution in [-0.4, -0.2) is 40.2 Å². The summed E-state index contributed by atoms with van der Waals surface area (Å²) in [6, 6.07) is 18.0. The zero-order chi connectivity index (χ0) is 22.5. The molecule has 32 heavy (non-hydrogen) atoms. The molecule has 0 amide bonds. The zero-order valence-electron chi connectivity index (χ0n) is 18.1. The minimum absolute atomic E-state index is 0.0543. The number of piperidine rings is 1. The van der Waals surface area contributed by atoms with Crippen LogP contribution in [0.15, 0.2) is 66.9 Å². The Hall–Kier alpha value is -3.25. The molecule has 1 fully saturated rings. The molecule has 0 aliphatic carbocycles. The number of carboxylic acid groups (broad SMARTS) is 1. The lowest BCUT2D eigenvalue weighted by Crippen LogP contribution is -2.46. The molecule has 1 aromatic heterocycles. The molecule has 1 N–H and O–H groups in total. The molecular weight excluding hydrogens is 407 g/mol. The second-order valence-electron chi connectivity index (χ2n) is 8.06. The molecule has 4 rings (SSSR count). The van der Waals surface area contributed by atoms with E-state index in [9.17, 15) is 9.90 Å². The van der Waals surface area contributed by atoms with E-state index in [2.05, 4.69) is 4.98 Å². The largest absolute Gasteiger partial charge is 0.493 e. The summed E-state index contributed by atoms with van der Waals surface area (Å²) in [4.78, 5) is 18.4. The second kappa shape index (κ2) is 9.92. The van der Waals surface area contributed by atoms with E-state index < -0.39 is 17.8 Å². The molecule has 3 aromatic rings. The number of ether oxygens (including phenoxy) is 1. The lowest BCUT2D eigenvalue weighted by atomic mass is 9.85. The van der Waals surface area contributed by atoms with Gasteiger partial charge in [-0.3, -0.25) is 14.7 Å². The molecule has 5 nitrogen and oxygen atoms in total. The van der Waals surface area contributed by atoms with Crippen LogP contribution < -0.4 is 4.74 Å². The third-order valence-electron chi connectivity index (χ3n) is 6.00. The molecule has 2 atom stereocenters. The third-order valence-corrected chi connectivity index (χ3v) is 6.00. The van der Waals surface area contributed by atoms with Gasteiger partial charge in [0.15, 0.2) is 0 Å². The molecule has 166 valence electrons. The molecule has 2 heterocycles. The number of carbonyl (C=O) groups is 1. The van der Waals surface area contributed by atoms with Gasteiger partial charge in [0.2, 0.25) is 0 Å². The quantitative estimate of drug-likeness (QED) is 0.559. The Labute approximate surface area is 187 Å². The number of rotatable bonds is 7. The van der Waals surface area contributed by atoms with E-state index in [0.29, 0.717) is 37.4 Å². The highest BCUT2D eigenvalue weighted by atomic mass is 19.1. The number of aromatic nitrogens is 1. The summed E-state index contributed by atoms with van der Waals surface area (Å²) < 4.78 is 20.7. The van der Waals surface area contributed by atoms with Gasteiger partial charge in [-0.15, -0.1) is 0 Å². The van der Waals surface area contributed by atoms with Gasteiger partial charge in [0.25, 0.3) is 0 Å². The first-order chi connectivity index (χ1) is 15.6.